The van der Waals surface area contributed by atoms with Crippen LogP contribution in [0.4, 0.5) is 18.9 Å². The van der Waals surface area contributed by atoms with Gasteiger partial charge >= 0.3 is 6.18 Å². The summed E-state index contributed by atoms with van der Waals surface area (Å²) >= 11 is 6.52. The number of amides is 1. The molecule has 1 amide bonds. The van der Waals surface area contributed by atoms with Crippen LogP contribution in [0.5, 0.6) is 0 Å². The maximum Gasteiger partial charge on any atom is 0.389 e. The molecule has 4 nitrogen and oxygen atoms in total. The molecule has 0 aliphatic carbocycles. The Balaban J connectivity index is 1.52. The van der Waals surface area contributed by atoms with E-state index in [2.05, 4.69) is 17.0 Å². The summed E-state index contributed by atoms with van der Waals surface area (Å²) in [5.41, 5.74) is 1.59. The predicted octanol–water partition coefficient (Wildman–Crippen LogP) is 5.13. The Morgan fingerprint density at radius 1 is 1.03 bits per heavy atom. The lowest BCUT2D eigenvalue weighted by molar-refractivity contribution is -0.142. The lowest BCUT2D eigenvalue weighted by Gasteiger charge is -2.38. The molecule has 2 aliphatic heterocycles. The quantitative estimate of drug-likeness (QED) is 0.595. The highest BCUT2D eigenvalue weighted by atomic mass is 35.5. The SMILES string of the molecule is O=C(CCC(F)(F)F)CN1C(=O)C2(CCN(Cc3ccccc3)CC2)c2c(Cl)cccc21. The van der Waals surface area contributed by atoms with Gasteiger partial charge in [-0.05, 0) is 43.6 Å². The van der Waals surface area contributed by atoms with Gasteiger partial charge in [0.2, 0.25) is 5.91 Å². The first kappa shape index (κ1) is 22.8. The van der Waals surface area contributed by atoms with Gasteiger partial charge in [-0.3, -0.25) is 14.5 Å². The fraction of sp³-hybridized carbons (Fsp3) is 0.417. The fourth-order valence-corrected chi connectivity index (χ4v) is 5.13. The maximum absolute atomic E-state index is 13.6. The summed E-state index contributed by atoms with van der Waals surface area (Å²) in [4.78, 5) is 29.5. The summed E-state index contributed by atoms with van der Waals surface area (Å²) in [6, 6.07) is 15.2. The number of ketones is 1. The second-order valence-corrected chi connectivity index (χ2v) is 8.93. The summed E-state index contributed by atoms with van der Waals surface area (Å²) in [6.45, 7) is 1.78. The minimum Gasteiger partial charge on any atom is -0.304 e. The number of hydrogen-bond acceptors (Lipinski definition) is 3. The number of likely N-dealkylation sites (tertiary alicyclic amines) is 1. The number of rotatable bonds is 6. The van der Waals surface area contributed by atoms with Gasteiger partial charge in [-0.2, -0.15) is 13.2 Å². The monoisotopic (exact) mass is 464 g/mol. The number of benzene rings is 2. The van der Waals surface area contributed by atoms with Gasteiger partial charge in [-0.15, -0.1) is 0 Å². The van der Waals surface area contributed by atoms with Crippen molar-refractivity contribution >= 4 is 29.0 Å². The third kappa shape index (κ3) is 4.55. The van der Waals surface area contributed by atoms with Crippen LogP contribution in [-0.4, -0.2) is 42.4 Å². The molecule has 2 aliphatic rings. The van der Waals surface area contributed by atoms with Crippen molar-refractivity contribution in [2.24, 2.45) is 0 Å². The Morgan fingerprint density at radius 3 is 2.38 bits per heavy atom. The van der Waals surface area contributed by atoms with E-state index in [1.54, 1.807) is 18.2 Å². The van der Waals surface area contributed by atoms with Crippen molar-refractivity contribution in [3.8, 4) is 0 Å². The Hall–Kier alpha value is -2.38. The molecule has 0 radical (unpaired) electrons. The molecule has 0 bridgehead atoms. The van der Waals surface area contributed by atoms with E-state index >= 15 is 0 Å². The van der Waals surface area contributed by atoms with E-state index in [9.17, 15) is 22.8 Å². The van der Waals surface area contributed by atoms with Crippen molar-refractivity contribution < 1.29 is 22.8 Å². The zero-order valence-electron chi connectivity index (χ0n) is 17.5. The smallest absolute Gasteiger partial charge is 0.304 e. The van der Waals surface area contributed by atoms with Gasteiger partial charge in [0.25, 0.3) is 0 Å². The average Bonchev–Trinajstić information content (AvgIpc) is 2.98. The molecule has 2 aromatic rings. The molecule has 1 saturated heterocycles. The summed E-state index contributed by atoms with van der Waals surface area (Å²) in [5.74, 6) is -0.847. The number of carbonyl (C=O) groups is 2. The summed E-state index contributed by atoms with van der Waals surface area (Å²) in [7, 11) is 0. The van der Waals surface area contributed by atoms with Crippen molar-refractivity contribution in [3.63, 3.8) is 0 Å². The van der Waals surface area contributed by atoms with Gasteiger partial charge in [0.1, 0.15) is 0 Å². The number of anilines is 1. The van der Waals surface area contributed by atoms with Gasteiger partial charge in [-0.25, -0.2) is 0 Å². The molecule has 2 heterocycles. The molecule has 8 heteroatoms. The second kappa shape index (κ2) is 8.87. The molecule has 0 N–H and O–H groups in total. The van der Waals surface area contributed by atoms with Crippen LogP contribution in [0.15, 0.2) is 48.5 Å². The molecule has 0 atom stereocenters. The zero-order valence-corrected chi connectivity index (χ0v) is 18.3. The third-order valence-corrected chi connectivity index (χ3v) is 6.71. The highest BCUT2D eigenvalue weighted by Crippen LogP contribution is 2.51. The van der Waals surface area contributed by atoms with Crippen LogP contribution in [0, 0.1) is 0 Å². The van der Waals surface area contributed by atoms with Crippen LogP contribution in [-0.2, 0) is 21.5 Å². The largest absolute Gasteiger partial charge is 0.389 e. The molecule has 0 saturated carbocycles. The highest BCUT2D eigenvalue weighted by Gasteiger charge is 2.53. The average molecular weight is 465 g/mol. The first-order valence-corrected chi connectivity index (χ1v) is 11.0. The first-order chi connectivity index (χ1) is 15.2. The molecule has 1 fully saturated rings. The van der Waals surface area contributed by atoms with Crippen molar-refractivity contribution in [1.82, 2.24) is 4.90 Å². The topological polar surface area (TPSA) is 40.6 Å². The molecule has 0 aromatic heterocycles. The molecule has 4 rings (SSSR count). The van der Waals surface area contributed by atoms with E-state index in [1.165, 1.54) is 10.5 Å². The van der Waals surface area contributed by atoms with E-state index in [-0.39, 0.29) is 12.5 Å². The van der Waals surface area contributed by atoms with Crippen LogP contribution in [0.3, 0.4) is 0 Å². The molecule has 32 heavy (non-hydrogen) atoms. The van der Waals surface area contributed by atoms with Gasteiger partial charge in [0.05, 0.1) is 18.4 Å². The van der Waals surface area contributed by atoms with E-state index in [0.717, 1.165) is 6.54 Å². The number of piperidine rings is 1. The molecule has 2 aromatic carbocycles. The van der Waals surface area contributed by atoms with Crippen molar-refractivity contribution in [1.29, 1.82) is 0 Å². The molecule has 170 valence electrons. The Kier molecular flexibility index (Phi) is 6.32. The van der Waals surface area contributed by atoms with Gasteiger partial charge in [0.15, 0.2) is 5.78 Å². The molecule has 0 unspecified atom stereocenters. The molecular weight excluding hydrogens is 441 g/mol. The lowest BCUT2D eigenvalue weighted by Crippen LogP contribution is -2.49. The summed E-state index contributed by atoms with van der Waals surface area (Å²) < 4.78 is 37.6. The Morgan fingerprint density at radius 2 is 1.72 bits per heavy atom. The van der Waals surface area contributed by atoms with Crippen molar-refractivity contribution in [3.05, 3.63) is 64.7 Å². The number of halogens is 4. The Labute approximate surface area is 189 Å². The van der Waals surface area contributed by atoms with Crippen LogP contribution < -0.4 is 4.90 Å². The first-order valence-electron chi connectivity index (χ1n) is 10.7. The van der Waals surface area contributed by atoms with Gasteiger partial charge < -0.3 is 4.90 Å². The third-order valence-electron chi connectivity index (χ3n) is 6.40. The normalized spacial score (nSPS) is 18.2. The lowest BCUT2D eigenvalue weighted by atomic mass is 9.73. The number of nitrogens with zero attached hydrogens (tertiary/aromatic N) is 2. The highest BCUT2D eigenvalue weighted by molar-refractivity contribution is 6.33. The minimum absolute atomic E-state index is 0.236. The number of carbonyl (C=O) groups excluding carboxylic acids is 2. The predicted molar refractivity (Wildman–Crippen MR) is 117 cm³/mol. The second-order valence-electron chi connectivity index (χ2n) is 8.52. The maximum atomic E-state index is 13.6. The van der Waals surface area contributed by atoms with Crippen LogP contribution in [0.1, 0.15) is 36.8 Å². The summed E-state index contributed by atoms with van der Waals surface area (Å²) in [5, 5.41) is 0.456. The van der Waals surface area contributed by atoms with Crippen LogP contribution >= 0.6 is 11.6 Å². The number of hydrogen-bond donors (Lipinski definition) is 0. The molecule has 1 spiro atoms. The van der Waals surface area contributed by atoms with E-state index < -0.39 is 30.2 Å². The summed E-state index contributed by atoms with van der Waals surface area (Å²) in [6.07, 6.45) is -5.14. The van der Waals surface area contributed by atoms with Crippen molar-refractivity contribution in [2.45, 2.75) is 43.8 Å². The fourth-order valence-electron chi connectivity index (χ4n) is 4.78. The van der Waals surface area contributed by atoms with Crippen molar-refractivity contribution in [2.75, 3.05) is 24.5 Å². The van der Waals surface area contributed by atoms with Gasteiger partial charge in [-0.1, -0.05) is 48.0 Å². The van der Waals surface area contributed by atoms with E-state index in [4.69, 9.17) is 11.6 Å². The number of alkyl halides is 3. The number of fused-ring (bicyclic) bond motifs is 2. The Bertz CT molecular complexity index is 1000. The standard InChI is InChI=1S/C24H24ClF3N2O2/c25-19-7-4-8-20-21(19)23(22(32)30(20)16-18(31)9-10-24(26,27)28)11-13-29(14-12-23)15-17-5-2-1-3-6-17/h1-8H,9-16H2. The number of Topliss-reactive ketones (excluding diaryl/α,β-unsaturated/α-hetero) is 1. The van der Waals surface area contributed by atoms with Crippen LogP contribution in [0.2, 0.25) is 5.02 Å². The zero-order chi connectivity index (χ0) is 22.9. The van der Waals surface area contributed by atoms with E-state index in [1.807, 2.05) is 18.2 Å². The minimum atomic E-state index is -4.40. The van der Waals surface area contributed by atoms with Gasteiger partial charge in [0, 0.05) is 29.2 Å². The molecular formula is C24H24ClF3N2O2. The van der Waals surface area contributed by atoms with E-state index in [0.29, 0.717) is 42.2 Å². The van der Waals surface area contributed by atoms with Crippen LogP contribution in [0.25, 0.3) is 0 Å².